The van der Waals surface area contributed by atoms with Crippen LogP contribution in [0.25, 0.3) is 0 Å². The standard InChI is InChI=1S/C8H10F3N/c1-5-4-7(8(9,10)11)6(2)12(5)3/h4H,1-3H3. The normalized spacial score (nSPS) is 12.2. The highest BCUT2D eigenvalue weighted by molar-refractivity contribution is 5.28. The molecule has 12 heavy (non-hydrogen) atoms. The molecular weight excluding hydrogens is 167 g/mol. The minimum atomic E-state index is -4.23. The van der Waals surface area contributed by atoms with E-state index in [0.717, 1.165) is 6.07 Å². The van der Waals surface area contributed by atoms with E-state index < -0.39 is 11.7 Å². The van der Waals surface area contributed by atoms with Crippen molar-refractivity contribution in [3.05, 3.63) is 23.0 Å². The molecule has 1 aromatic rings. The van der Waals surface area contributed by atoms with Crippen LogP contribution in [0.5, 0.6) is 0 Å². The maximum absolute atomic E-state index is 12.2. The Labute approximate surface area is 68.8 Å². The molecule has 0 fully saturated rings. The lowest BCUT2D eigenvalue weighted by Crippen LogP contribution is -2.06. The first kappa shape index (κ1) is 9.16. The molecule has 0 amide bonds. The quantitative estimate of drug-likeness (QED) is 0.574. The summed E-state index contributed by atoms with van der Waals surface area (Å²) in [5, 5.41) is 0. The molecule has 1 heterocycles. The molecule has 0 radical (unpaired) electrons. The monoisotopic (exact) mass is 177 g/mol. The molecule has 4 heteroatoms. The average Bonchev–Trinajstić information content (AvgIpc) is 2.15. The van der Waals surface area contributed by atoms with Crippen LogP contribution in [0.1, 0.15) is 17.0 Å². The van der Waals surface area contributed by atoms with Gasteiger partial charge in [0.2, 0.25) is 0 Å². The van der Waals surface area contributed by atoms with E-state index in [1.54, 1.807) is 14.0 Å². The lowest BCUT2D eigenvalue weighted by molar-refractivity contribution is -0.138. The third kappa shape index (κ3) is 1.33. The first-order chi connectivity index (χ1) is 5.34. The zero-order valence-corrected chi connectivity index (χ0v) is 7.16. The van der Waals surface area contributed by atoms with Crippen molar-refractivity contribution in [2.24, 2.45) is 7.05 Å². The second kappa shape index (κ2) is 2.54. The van der Waals surface area contributed by atoms with Crippen LogP contribution in [0.4, 0.5) is 13.2 Å². The fraction of sp³-hybridized carbons (Fsp3) is 0.500. The number of hydrogen-bond acceptors (Lipinski definition) is 0. The smallest absolute Gasteiger partial charge is 0.352 e. The fourth-order valence-corrected chi connectivity index (χ4v) is 1.14. The van der Waals surface area contributed by atoms with Crippen molar-refractivity contribution < 1.29 is 13.2 Å². The molecule has 0 bridgehead atoms. The summed E-state index contributed by atoms with van der Waals surface area (Å²) in [5.41, 5.74) is 0.349. The van der Waals surface area contributed by atoms with Gasteiger partial charge in [-0.3, -0.25) is 0 Å². The molecule has 0 saturated carbocycles. The number of aryl methyl sites for hydroxylation is 1. The number of hydrogen-bond donors (Lipinski definition) is 0. The maximum atomic E-state index is 12.2. The Morgan fingerprint density at radius 3 is 1.92 bits per heavy atom. The second-order valence-corrected chi connectivity index (χ2v) is 2.84. The van der Waals surface area contributed by atoms with Crippen LogP contribution >= 0.6 is 0 Å². The van der Waals surface area contributed by atoms with Gasteiger partial charge >= 0.3 is 6.18 Å². The van der Waals surface area contributed by atoms with Crippen LogP contribution in [0, 0.1) is 13.8 Å². The number of halogens is 3. The third-order valence-corrected chi connectivity index (χ3v) is 2.08. The number of alkyl halides is 3. The summed E-state index contributed by atoms with van der Waals surface area (Å²) < 4.78 is 38.2. The molecule has 0 aliphatic heterocycles. The molecule has 0 atom stereocenters. The molecule has 0 spiro atoms. The van der Waals surface area contributed by atoms with Crippen molar-refractivity contribution >= 4 is 0 Å². The van der Waals surface area contributed by atoms with Gasteiger partial charge in [-0.2, -0.15) is 13.2 Å². The summed E-state index contributed by atoms with van der Waals surface area (Å²) in [4.78, 5) is 0. The zero-order valence-electron chi connectivity index (χ0n) is 7.16. The van der Waals surface area contributed by atoms with Crippen LogP contribution in [-0.4, -0.2) is 4.57 Å². The number of nitrogens with zero attached hydrogens (tertiary/aromatic N) is 1. The SMILES string of the molecule is Cc1cc(C(F)(F)F)c(C)n1C. The highest BCUT2D eigenvalue weighted by Crippen LogP contribution is 2.33. The number of rotatable bonds is 0. The summed E-state index contributed by atoms with van der Waals surface area (Å²) in [6, 6.07) is 1.16. The summed E-state index contributed by atoms with van der Waals surface area (Å²) in [5.74, 6) is 0. The Hall–Kier alpha value is -0.930. The van der Waals surface area contributed by atoms with E-state index in [0.29, 0.717) is 5.69 Å². The Kier molecular flexibility index (Phi) is 1.94. The van der Waals surface area contributed by atoms with Gasteiger partial charge in [0.25, 0.3) is 0 Å². The predicted octanol–water partition coefficient (Wildman–Crippen LogP) is 2.66. The van der Waals surface area contributed by atoms with E-state index in [-0.39, 0.29) is 5.69 Å². The van der Waals surface area contributed by atoms with Gasteiger partial charge < -0.3 is 4.57 Å². The number of aromatic nitrogens is 1. The molecule has 0 aromatic carbocycles. The van der Waals surface area contributed by atoms with Crippen LogP contribution < -0.4 is 0 Å². The Morgan fingerprint density at radius 1 is 1.25 bits per heavy atom. The summed E-state index contributed by atoms with van der Waals surface area (Å²) >= 11 is 0. The van der Waals surface area contributed by atoms with Gasteiger partial charge in [-0.05, 0) is 19.9 Å². The molecule has 0 aliphatic rings. The van der Waals surface area contributed by atoms with E-state index in [4.69, 9.17) is 0 Å². The van der Waals surface area contributed by atoms with E-state index in [9.17, 15) is 13.2 Å². The molecule has 0 N–H and O–H groups in total. The lowest BCUT2D eigenvalue weighted by atomic mass is 10.2. The molecule has 1 nitrogen and oxygen atoms in total. The minimum absolute atomic E-state index is 0.264. The first-order valence-electron chi connectivity index (χ1n) is 3.54. The molecule has 1 aromatic heterocycles. The fourth-order valence-electron chi connectivity index (χ4n) is 1.14. The molecular formula is C8H10F3N. The van der Waals surface area contributed by atoms with Crippen LogP contribution in [-0.2, 0) is 13.2 Å². The highest BCUT2D eigenvalue weighted by atomic mass is 19.4. The molecule has 0 aliphatic carbocycles. The Morgan fingerprint density at radius 2 is 1.75 bits per heavy atom. The van der Waals surface area contributed by atoms with Crippen molar-refractivity contribution in [2.75, 3.05) is 0 Å². The topological polar surface area (TPSA) is 4.93 Å². The van der Waals surface area contributed by atoms with Gasteiger partial charge in [-0.15, -0.1) is 0 Å². The largest absolute Gasteiger partial charge is 0.418 e. The van der Waals surface area contributed by atoms with Crippen LogP contribution in [0.15, 0.2) is 6.07 Å². The average molecular weight is 177 g/mol. The van der Waals surface area contributed by atoms with Gasteiger partial charge in [0.05, 0.1) is 5.56 Å². The van der Waals surface area contributed by atoms with Crippen molar-refractivity contribution in [3.63, 3.8) is 0 Å². The van der Waals surface area contributed by atoms with Crippen LogP contribution in [0.3, 0.4) is 0 Å². The van der Waals surface area contributed by atoms with E-state index >= 15 is 0 Å². The van der Waals surface area contributed by atoms with Crippen LogP contribution in [0.2, 0.25) is 0 Å². The van der Waals surface area contributed by atoms with E-state index in [2.05, 4.69) is 0 Å². The van der Waals surface area contributed by atoms with Gasteiger partial charge in [0, 0.05) is 18.4 Å². The molecule has 0 saturated heterocycles. The van der Waals surface area contributed by atoms with Crippen molar-refractivity contribution in [1.29, 1.82) is 0 Å². The van der Waals surface area contributed by atoms with Gasteiger partial charge in [-0.1, -0.05) is 0 Å². The van der Waals surface area contributed by atoms with E-state index in [1.165, 1.54) is 11.5 Å². The summed E-state index contributed by atoms with van der Waals surface area (Å²) in [7, 11) is 1.62. The minimum Gasteiger partial charge on any atom is -0.352 e. The summed E-state index contributed by atoms with van der Waals surface area (Å²) in [6.45, 7) is 3.12. The van der Waals surface area contributed by atoms with E-state index in [1.807, 2.05) is 0 Å². The van der Waals surface area contributed by atoms with Gasteiger partial charge in [0.1, 0.15) is 0 Å². The Balaban J connectivity index is 3.28. The summed E-state index contributed by atoms with van der Waals surface area (Å²) in [6.07, 6.45) is -4.23. The molecule has 0 unspecified atom stereocenters. The third-order valence-electron chi connectivity index (χ3n) is 2.08. The van der Waals surface area contributed by atoms with Crippen molar-refractivity contribution in [2.45, 2.75) is 20.0 Å². The molecule has 1 rings (SSSR count). The first-order valence-corrected chi connectivity index (χ1v) is 3.54. The van der Waals surface area contributed by atoms with Crippen molar-refractivity contribution in [3.8, 4) is 0 Å². The van der Waals surface area contributed by atoms with Gasteiger partial charge in [0.15, 0.2) is 0 Å². The highest BCUT2D eigenvalue weighted by Gasteiger charge is 2.34. The molecule has 68 valence electrons. The lowest BCUT2D eigenvalue weighted by Gasteiger charge is -2.05. The maximum Gasteiger partial charge on any atom is 0.418 e. The van der Waals surface area contributed by atoms with Crippen molar-refractivity contribution in [1.82, 2.24) is 4.57 Å². The van der Waals surface area contributed by atoms with Gasteiger partial charge in [-0.25, -0.2) is 0 Å². The zero-order chi connectivity index (χ0) is 9.52. The Bertz CT molecular complexity index is 296. The predicted molar refractivity (Wildman–Crippen MR) is 39.9 cm³/mol. The second-order valence-electron chi connectivity index (χ2n) is 2.84.